The second kappa shape index (κ2) is 9.07. The van der Waals surface area contributed by atoms with Gasteiger partial charge in [-0.3, -0.25) is 10.1 Å². The third-order valence-corrected chi connectivity index (χ3v) is 8.72. The van der Waals surface area contributed by atoms with Gasteiger partial charge in [-0.05, 0) is 55.6 Å². The number of aromatic nitrogens is 5. The Bertz CT molecular complexity index is 1700. The number of anilines is 1. The summed E-state index contributed by atoms with van der Waals surface area (Å²) in [5.41, 5.74) is 12.0. The van der Waals surface area contributed by atoms with Gasteiger partial charge in [-0.25, -0.2) is 14.4 Å². The molecule has 4 heterocycles. The molecule has 0 radical (unpaired) electrons. The number of hydrogen-bond donors (Lipinski definition) is 2. The standard InChI is InChI=1S/C30H31FN8/c1-38(2)15-18-9-10-20(19-6-5-12-33-26(18)19)27-28-29(37-36-27)35-25(14-34-28)39-13-11-21-23(16-39)30(21,17-32)22-7-3-4-8-24(22)31/h3-10,12,14,21,23H,11,13,15-17,32H2,1-2H3,(H,35,36,37)/t21-,23+,30-/m1/s1. The minimum absolute atomic E-state index is 0.160. The number of H-pyrrole nitrogens is 1. The number of nitrogens with two attached hydrogens (primary N) is 1. The maximum Gasteiger partial charge on any atom is 0.177 e. The molecule has 1 saturated heterocycles. The first-order valence-corrected chi connectivity index (χ1v) is 13.4. The van der Waals surface area contributed by atoms with Gasteiger partial charge in [0.2, 0.25) is 0 Å². The summed E-state index contributed by atoms with van der Waals surface area (Å²) in [6, 6.07) is 15.3. The first-order valence-electron chi connectivity index (χ1n) is 13.4. The zero-order chi connectivity index (χ0) is 26.7. The summed E-state index contributed by atoms with van der Waals surface area (Å²) in [7, 11) is 4.11. The number of rotatable bonds is 6. The van der Waals surface area contributed by atoms with Gasteiger partial charge in [0.25, 0.3) is 0 Å². The van der Waals surface area contributed by atoms with Crippen molar-refractivity contribution in [2.45, 2.75) is 18.4 Å². The van der Waals surface area contributed by atoms with E-state index in [-0.39, 0.29) is 11.2 Å². The van der Waals surface area contributed by atoms with Crippen molar-refractivity contribution in [1.82, 2.24) is 30.0 Å². The van der Waals surface area contributed by atoms with Gasteiger partial charge >= 0.3 is 0 Å². The van der Waals surface area contributed by atoms with Crippen LogP contribution in [0.5, 0.6) is 0 Å². The molecule has 3 N–H and O–H groups in total. The van der Waals surface area contributed by atoms with E-state index < -0.39 is 0 Å². The fourth-order valence-corrected chi connectivity index (χ4v) is 6.87. The van der Waals surface area contributed by atoms with Crippen molar-refractivity contribution in [2.75, 3.05) is 38.6 Å². The van der Waals surface area contributed by atoms with Crippen molar-refractivity contribution in [3.05, 3.63) is 77.9 Å². The molecule has 0 bridgehead atoms. The average Bonchev–Trinajstić information content (AvgIpc) is 3.42. The lowest BCUT2D eigenvalue weighted by molar-refractivity contribution is 0.404. The van der Waals surface area contributed by atoms with E-state index >= 15 is 0 Å². The topological polar surface area (TPSA) is 99.9 Å². The summed E-state index contributed by atoms with van der Waals surface area (Å²) in [6.07, 6.45) is 4.61. The molecule has 3 atom stereocenters. The first-order chi connectivity index (χ1) is 19.0. The van der Waals surface area contributed by atoms with Crippen molar-refractivity contribution in [3.8, 4) is 11.3 Å². The van der Waals surface area contributed by atoms with Crippen molar-refractivity contribution >= 4 is 27.9 Å². The molecule has 0 amide bonds. The number of piperidine rings is 1. The smallest absolute Gasteiger partial charge is 0.177 e. The maximum atomic E-state index is 14.8. The fourth-order valence-electron chi connectivity index (χ4n) is 6.87. The number of nitrogens with one attached hydrogen (secondary N) is 1. The Morgan fingerprint density at radius 1 is 1.08 bits per heavy atom. The first kappa shape index (κ1) is 24.1. The van der Waals surface area contributed by atoms with Gasteiger partial charge in [0.1, 0.15) is 22.8 Å². The highest BCUT2D eigenvalue weighted by Gasteiger charge is 2.66. The van der Waals surface area contributed by atoms with E-state index in [1.54, 1.807) is 12.1 Å². The van der Waals surface area contributed by atoms with Crippen LogP contribution in [0.4, 0.5) is 10.2 Å². The van der Waals surface area contributed by atoms with Gasteiger partial charge in [0.15, 0.2) is 5.65 Å². The number of pyridine rings is 1. The Labute approximate surface area is 226 Å². The van der Waals surface area contributed by atoms with Gasteiger partial charge in [-0.15, -0.1) is 0 Å². The Hall–Kier alpha value is -3.95. The molecule has 2 aromatic carbocycles. The predicted molar refractivity (Wildman–Crippen MR) is 151 cm³/mol. The van der Waals surface area contributed by atoms with Gasteiger partial charge in [-0.2, -0.15) is 5.10 Å². The lowest BCUT2D eigenvalue weighted by atomic mass is 9.91. The molecule has 8 nitrogen and oxygen atoms in total. The third-order valence-electron chi connectivity index (χ3n) is 8.72. The molecule has 9 heteroatoms. The molecule has 1 aliphatic carbocycles. The van der Waals surface area contributed by atoms with Crippen LogP contribution in [0, 0.1) is 17.7 Å². The van der Waals surface area contributed by atoms with E-state index in [1.807, 2.05) is 30.6 Å². The lowest BCUT2D eigenvalue weighted by Crippen LogP contribution is -2.32. The third kappa shape index (κ3) is 3.71. The Morgan fingerprint density at radius 2 is 1.95 bits per heavy atom. The summed E-state index contributed by atoms with van der Waals surface area (Å²) >= 11 is 0. The summed E-state index contributed by atoms with van der Waals surface area (Å²) in [4.78, 5) is 18.8. The van der Waals surface area contributed by atoms with Gasteiger partial charge in [0.05, 0.1) is 11.7 Å². The second-order valence-corrected chi connectivity index (χ2v) is 11.1. The van der Waals surface area contributed by atoms with Crippen LogP contribution in [-0.4, -0.2) is 63.8 Å². The molecular formula is C30H31FN8. The van der Waals surface area contributed by atoms with Crippen LogP contribution in [0.1, 0.15) is 17.5 Å². The molecule has 5 aromatic rings. The Kier molecular flexibility index (Phi) is 5.61. The minimum Gasteiger partial charge on any atom is -0.355 e. The normalized spacial score (nSPS) is 22.5. The van der Waals surface area contributed by atoms with E-state index in [9.17, 15) is 4.39 Å². The van der Waals surface area contributed by atoms with Gasteiger partial charge in [-0.1, -0.05) is 36.4 Å². The highest BCUT2D eigenvalue weighted by molar-refractivity contribution is 6.01. The molecule has 2 aliphatic rings. The SMILES string of the molecule is CN(C)Cc1ccc(-c2n[nH]c3nc(N4CC[C@@H]5[C@H](C4)[C@@]5(CN)c4ccccc4F)cnc23)c2cccnc12. The second-order valence-electron chi connectivity index (χ2n) is 11.1. The number of aromatic amines is 1. The number of halogens is 1. The summed E-state index contributed by atoms with van der Waals surface area (Å²) < 4.78 is 14.8. The van der Waals surface area contributed by atoms with Gasteiger partial charge < -0.3 is 15.5 Å². The number of fused-ring (bicyclic) bond motifs is 3. The van der Waals surface area contributed by atoms with Crippen molar-refractivity contribution in [3.63, 3.8) is 0 Å². The van der Waals surface area contributed by atoms with Crippen molar-refractivity contribution in [2.24, 2.45) is 17.6 Å². The highest BCUT2D eigenvalue weighted by atomic mass is 19.1. The summed E-state index contributed by atoms with van der Waals surface area (Å²) in [5.74, 6) is 1.33. The summed E-state index contributed by atoms with van der Waals surface area (Å²) in [6.45, 7) is 2.86. The van der Waals surface area contributed by atoms with Crippen molar-refractivity contribution < 1.29 is 4.39 Å². The van der Waals surface area contributed by atoms with Gasteiger partial charge in [0, 0.05) is 48.7 Å². The van der Waals surface area contributed by atoms with E-state index in [4.69, 9.17) is 15.7 Å². The number of nitrogens with zero attached hydrogens (tertiary/aromatic N) is 6. The molecule has 1 aliphatic heterocycles. The van der Waals surface area contributed by atoms with Crippen LogP contribution in [0.3, 0.4) is 0 Å². The molecular weight excluding hydrogens is 491 g/mol. The van der Waals surface area contributed by atoms with Crippen LogP contribution >= 0.6 is 0 Å². The number of hydrogen-bond acceptors (Lipinski definition) is 7. The van der Waals surface area contributed by atoms with Crippen LogP contribution in [-0.2, 0) is 12.0 Å². The molecule has 198 valence electrons. The highest BCUT2D eigenvalue weighted by Crippen LogP contribution is 2.63. The summed E-state index contributed by atoms with van der Waals surface area (Å²) in [5, 5.41) is 8.79. The fraction of sp³-hybridized carbons (Fsp3) is 0.333. The largest absolute Gasteiger partial charge is 0.355 e. The molecule has 1 saturated carbocycles. The van der Waals surface area contributed by atoms with Crippen LogP contribution in [0.25, 0.3) is 33.3 Å². The molecule has 0 spiro atoms. The number of benzene rings is 2. The van der Waals surface area contributed by atoms with Crippen LogP contribution in [0.15, 0.2) is 60.9 Å². The maximum absolute atomic E-state index is 14.8. The average molecular weight is 523 g/mol. The lowest BCUT2D eigenvalue weighted by Gasteiger charge is -2.26. The van der Waals surface area contributed by atoms with Crippen molar-refractivity contribution in [1.29, 1.82) is 0 Å². The van der Waals surface area contributed by atoms with E-state index in [0.29, 0.717) is 24.0 Å². The molecule has 39 heavy (non-hydrogen) atoms. The minimum atomic E-state index is -0.299. The van der Waals surface area contributed by atoms with E-state index in [0.717, 1.165) is 65.1 Å². The molecule has 0 unspecified atom stereocenters. The molecule has 7 rings (SSSR count). The van der Waals surface area contributed by atoms with Crippen LogP contribution < -0.4 is 10.6 Å². The van der Waals surface area contributed by atoms with E-state index in [2.05, 4.69) is 57.3 Å². The molecule has 3 aromatic heterocycles. The monoisotopic (exact) mass is 522 g/mol. The quantitative estimate of drug-likeness (QED) is 0.346. The Morgan fingerprint density at radius 3 is 2.77 bits per heavy atom. The van der Waals surface area contributed by atoms with E-state index in [1.165, 1.54) is 5.56 Å². The molecule has 2 fully saturated rings. The zero-order valence-corrected chi connectivity index (χ0v) is 22.1. The zero-order valence-electron chi connectivity index (χ0n) is 22.1. The van der Waals surface area contributed by atoms with Crippen LogP contribution in [0.2, 0.25) is 0 Å². The predicted octanol–water partition coefficient (Wildman–Crippen LogP) is 4.12. The Balaban J connectivity index is 1.20.